The maximum Gasteiger partial charge on any atom is 0.416 e. The van der Waals surface area contributed by atoms with Crippen molar-refractivity contribution in [1.29, 1.82) is 0 Å². The van der Waals surface area contributed by atoms with Crippen molar-refractivity contribution in [1.82, 2.24) is 8.96 Å². The van der Waals surface area contributed by atoms with Crippen molar-refractivity contribution in [3.05, 3.63) is 78.4 Å². The molecule has 33 heavy (non-hydrogen) atoms. The molecule has 0 fully saturated rings. The Hall–Kier alpha value is -3.54. The van der Waals surface area contributed by atoms with Crippen LogP contribution >= 0.6 is 0 Å². The standard InChI is InChI=1S/C21H12F6N2O3S/c22-15-6-13(7-16(10-15)32-20(23)24)12-4-5-18-19(8-12)29(11-28-18)33(30,31)17-3-1-2-14(9-17)21(25,26)27/h1-11,20H. The second kappa shape index (κ2) is 8.10. The van der Waals surface area contributed by atoms with Crippen molar-refractivity contribution in [2.24, 2.45) is 0 Å². The molecule has 0 aliphatic rings. The zero-order valence-corrected chi connectivity index (χ0v) is 17.0. The van der Waals surface area contributed by atoms with Crippen molar-refractivity contribution >= 4 is 21.1 Å². The smallest absolute Gasteiger partial charge is 0.416 e. The quantitative estimate of drug-likeness (QED) is 0.340. The molecule has 0 amide bonds. The Kier molecular flexibility index (Phi) is 5.56. The molecule has 4 rings (SSSR count). The Morgan fingerprint density at radius 1 is 0.939 bits per heavy atom. The van der Waals surface area contributed by atoms with Crippen molar-refractivity contribution < 1.29 is 39.5 Å². The molecule has 0 unspecified atom stereocenters. The average molecular weight is 486 g/mol. The Bertz CT molecular complexity index is 1450. The van der Waals surface area contributed by atoms with E-state index in [1.807, 2.05) is 0 Å². The molecule has 0 radical (unpaired) electrons. The Morgan fingerprint density at radius 2 is 1.70 bits per heavy atom. The van der Waals surface area contributed by atoms with E-state index in [0.717, 1.165) is 42.7 Å². The van der Waals surface area contributed by atoms with Crippen LogP contribution in [0.2, 0.25) is 0 Å². The summed E-state index contributed by atoms with van der Waals surface area (Å²) in [5.74, 6) is -1.31. The second-order valence-electron chi connectivity index (χ2n) is 6.83. The molecule has 5 nitrogen and oxygen atoms in total. The fourth-order valence-corrected chi connectivity index (χ4v) is 4.53. The summed E-state index contributed by atoms with van der Waals surface area (Å²) in [6, 6.07) is 10.3. The lowest BCUT2D eigenvalue weighted by atomic mass is 10.0. The van der Waals surface area contributed by atoms with Gasteiger partial charge in [-0.1, -0.05) is 12.1 Å². The maximum atomic E-state index is 13.9. The molecule has 3 aromatic carbocycles. The van der Waals surface area contributed by atoms with Gasteiger partial charge in [-0.15, -0.1) is 0 Å². The summed E-state index contributed by atoms with van der Waals surface area (Å²) in [7, 11) is -4.48. The van der Waals surface area contributed by atoms with Gasteiger partial charge < -0.3 is 4.74 Å². The van der Waals surface area contributed by atoms with Gasteiger partial charge >= 0.3 is 12.8 Å². The minimum absolute atomic E-state index is 0.00880. The Labute approximate surface area is 182 Å². The second-order valence-corrected chi connectivity index (χ2v) is 8.64. The van der Waals surface area contributed by atoms with Gasteiger partial charge in [-0.05, 0) is 53.6 Å². The summed E-state index contributed by atoms with van der Waals surface area (Å²) in [5, 5.41) is 0. The molecular formula is C21H12F6N2O3S. The molecule has 0 spiro atoms. The molecule has 1 heterocycles. The number of alkyl halides is 5. The molecule has 4 aromatic rings. The highest BCUT2D eigenvalue weighted by Gasteiger charge is 2.32. The minimum Gasteiger partial charge on any atom is -0.435 e. The summed E-state index contributed by atoms with van der Waals surface area (Å²) in [5.41, 5.74) is -0.612. The lowest BCUT2D eigenvalue weighted by Crippen LogP contribution is -2.13. The van der Waals surface area contributed by atoms with Crippen LogP contribution in [0.25, 0.3) is 22.2 Å². The normalized spacial score (nSPS) is 12.5. The monoisotopic (exact) mass is 486 g/mol. The van der Waals surface area contributed by atoms with Crippen LogP contribution in [0, 0.1) is 5.82 Å². The summed E-state index contributed by atoms with van der Waals surface area (Å²) in [6.07, 6.45) is -3.81. The summed E-state index contributed by atoms with van der Waals surface area (Å²) < 4.78 is 109. The topological polar surface area (TPSA) is 61.2 Å². The van der Waals surface area contributed by atoms with E-state index in [1.165, 1.54) is 18.2 Å². The maximum absolute atomic E-state index is 13.9. The van der Waals surface area contributed by atoms with E-state index in [9.17, 15) is 34.8 Å². The van der Waals surface area contributed by atoms with Gasteiger partial charge in [-0.25, -0.2) is 21.8 Å². The van der Waals surface area contributed by atoms with Gasteiger partial charge in [0.15, 0.2) is 0 Å². The lowest BCUT2D eigenvalue weighted by molar-refractivity contribution is -0.137. The number of nitrogens with zero attached hydrogens (tertiary/aromatic N) is 2. The van der Waals surface area contributed by atoms with Crippen LogP contribution in [0.3, 0.4) is 0 Å². The van der Waals surface area contributed by atoms with Crippen molar-refractivity contribution in [3.63, 3.8) is 0 Å². The number of fused-ring (bicyclic) bond motifs is 1. The van der Waals surface area contributed by atoms with Crippen LogP contribution < -0.4 is 4.74 Å². The zero-order valence-electron chi connectivity index (χ0n) is 16.2. The number of rotatable bonds is 5. The number of imidazole rings is 1. The first-order chi connectivity index (χ1) is 15.4. The number of ether oxygens (including phenoxy) is 1. The largest absolute Gasteiger partial charge is 0.435 e. The molecule has 1 aromatic heterocycles. The van der Waals surface area contributed by atoms with E-state index in [2.05, 4.69) is 9.72 Å². The molecule has 0 saturated carbocycles. The molecule has 0 saturated heterocycles. The first-order valence-corrected chi connectivity index (χ1v) is 10.5. The third kappa shape index (κ3) is 4.51. The number of halogens is 6. The summed E-state index contributed by atoms with van der Waals surface area (Å²) >= 11 is 0. The van der Waals surface area contributed by atoms with Gasteiger partial charge in [0.05, 0.1) is 21.5 Å². The molecule has 12 heteroatoms. The number of aromatic nitrogens is 2. The van der Waals surface area contributed by atoms with Crippen LogP contribution in [0.4, 0.5) is 26.3 Å². The highest BCUT2D eigenvalue weighted by atomic mass is 32.2. The van der Waals surface area contributed by atoms with E-state index in [0.29, 0.717) is 10.0 Å². The molecular weight excluding hydrogens is 474 g/mol. The van der Waals surface area contributed by atoms with Crippen molar-refractivity contribution in [3.8, 4) is 16.9 Å². The summed E-state index contributed by atoms with van der Waals surface area (Å²) in [4.78, 5) is 3.34. The van der Waals surface area contributed by atoms with E-state index >= 15 is 0 Å². The fourth-order valence-electron chi connectivity index (χ4n) is 3.20. The molecule has 0 aliphatic carbocycles. The van der Waals surface area contributed by atoms with Crippen LogP contribution in [0.5, 0.6) is 5.75 Å². The van der Waals surface area contributed by atoms with Gasteiger partial charge in [0.2, 0.25) is 0 Å². The fraction of sp³-hybridized carbons (Fsp3) is 0.0952. The number of hydrogen-bond acceptors (Lipinski definition) is 4. The van der Waals surface area contributed by atoms with Gasteiger partial charge in [0.1, 0.15) is 17.9 Å². The molecule has 0 atom stereocenters. The van der Waals surface area contributed by atoms with E-state index in [1.54, 1.807) is 0 Å². The van der Waals surface area contributed by atoms with Gasteiger partial charge in [0, 0.05) is 6.07 Å². The molecule has 0 N–H and O–H groups in total. The van der Waals surface area contributed by atoms with Gasteiger partial charge in [0.25, 0.3) is 10.0 Å². The highest BCUT2D eigenvalue weighted by molar-refractivity contribution is 7.90. The van der Waals surface area contributed by atoms with Crippen LogP contribution in [0.1, 0.15) is 5.56 Å². The number of benzene rings is 3. The molecule has 0 bridgehead atoms. The Morgan fingerprint density at radius 3 is 2.39 bits per heavy atom. The van der Waals surface area contributed by atoms with Crippen molar-refractivity contribution in [2.45, 2.75) is 17.7 Å². The minimum atomic E-state index is -4.74. The highest BCUT2D eigenvalue weighted by Crippen LogP contribution is 2.33. The lowest BCUT2D eigenvalue weighted by Gasteiger charge is -2.11. The van der Waals surface area contributed by atoms with Gasteiger partial charge in [-0.3, -0.25) is 0 Å². The SMILES string of the molecule is O=S(=O)(c1cccc(C(F)(F)F)c1)n1cnc2ccc(-c3cc(F)cc(OC(F)F)c3)cc21. The van der Waals surface area contributed by atoms with Gasteiger partial charge in [-0.2, -0.15) is 22.0 Å². The van der Waals surface area contributed by atoms with Crippen LogP contribution in [0.15, 0.2) is 71.9 Å². The number of hydrogen-bond donors (Lipinski definition) is 0. The van der Waals surface area contributed by atoms with E-state index in [-0.39, 0.29) is 22.2 Å². The van der Waals surface area contributed by atoms with Crippen LogP contribution in [-0.2, 0) is 16.2 Å². The summed E-state index contributed by atoms with van der Waals surface area (Å²) in [6.45, 7) is -3.18. The first-order valence-electron chi connectivity index (χ1n) is 9.11. The van der Waals surface area contributed by atoms with E-state index < -0.39 is 44.8 Å². The third-order valence-electron chi connectivity index (χ3n) is 4.66. The predicted octanol–water partition coefficient (Wildman–Crippen LogP) is 5.70. The van der Waals surface area contributed by atoms with Crippen molar-refractivity contribution in [2.75, 3.05) is 0 Å². The average Bonchev–Trinajstić information content (AvgIpc) is 3.16. The predicted molar refractivity (Wildman–Crippen MR) is 106 cm³/mol. The molecule has 172 valence electrons. The third-order valence-corrected chi connectivity index (χ3v) is 6.32. The van der Waals surface area contributed by atoms with Crippen LogP contribution in [-0.4, -0.2) is 24.0 Å². The molecule has 0 aliphatic heterocycles. The first kappa shape index (κ1) is 22.6. The Balaban J connectivity index is 1.82. The van der Waals surface area contributed by atoms with E-state index in [4.69, 9.17) is 0 Å². The zero-order chi connectivity index (χ0) is 24.0.